The van der Waals surface area contributed by atoms with Gasteiger partial charge in [-0.05, 0) is 48.6 Å². The summed E-state index contributed by atoms with van der Waals surface area (Å²) in [6.45, 7) is -0.0306. The van der Waals surface area contributed by atoms with Gasteiger partial charge in [0, 0.05) is 22.2 Å². The molecule has 106 valence electrons. The van der Waals surface area contributed by atoms with Crippen LogP contribution in [0.15, 0.2) is 42.5 Å². The fourth-order valence-corrected chi connectivity index (χ4v) is 2.67. The van der Waals surface area contributed by atoms with Crippen LogP contribution in [0.25, 0.3) is 0 Å². The third-order valence-electron chi connectivity index (χ3n) is 3.23. The standard InChI is InChI=1S/C16H15Cl2FO/c17-13-4-1-3-11(8-13)7-12(10-20)9-14-15(18)5-2-6-16(14)19/h1-6,8,12,20H,7,9-10H2. The molecule has 0 heterocycles. The van der Waals surface area contributed by atoms with E-state index in [1.165, 1.54) is 6.07 Å². The third kappa shape index (κ3) is 3.95. The van der Waals surface area contributed by atoms with Gasteiger partial charge in [-0.25, -0.2) is 4.39 Å². The Balaban J connectivity index is 2.13. The molecule has 0 aliphatic heterocycles. The monoisotopic (exact) mass is 312 g/mol. The Morgan fingerprint density at radius 1 is 1.05 bits per heavy atom. The van der Waals surface area contributed by atoms with Crippen molar-refractivity contribution in [2.24, 2.45) is 5.92 Å². The van der Waals surface area contributed by atoms with Crippen molar-refractivity contribution in [3.05, 3.63) is 69.5 Å². The molecule has 2 rings (SSSR count). The number of benzene rings is 2. The fraction of sp³-hybridized carbons (Fsp3) is 0.250. The minimum Gasteiger partial charge on any atom is -0.396 e. The number of aliphatic hydroxyl groups is 1. The minimum absolute atomic E-state index is 0.0306. The molecule has 0 saturated carbocycles. The molecule has 0 aromatic heterocycles. The van der Waals surface area contributed by atoms with Crippen LogP contribution < -0.4 is 0 Å². The molecule has 1 atom stereocenters. The largest absolute Gasteiger partial charge is 0.396 e. The average molecular weight is 313 g/mol. The third-order valence-corrected chi connectivity index (χ3v) is 3.82. The second kappa shape index (κ2) is 7.07. The zero-order valence-electron chi connectivity index (χ0n) is 10.8. The molecule has 0 radical (unpaired) electrons. The molecular weight excluding hydrogens is 298 g/mol. The molecule has 1 nitrogen and oxygen atoms in total. The second-order valence-electron chi connectivity index (χ2n) is 4.79. The van der Waals surface area contributed by atoms with Gasteiger partial charge in [0.15, 0.2) is 0 Å². The molecule has 0 amide bonds. The summed E-state index contributed by atoms with van der Waals surface area (Å²) in [5.74, 6) is -0.426. The first-order valence-corrected chi connectivity index (χ1v) is 7.14. The summed E-state index contributed by atoms with van der Waals surface area (Å²) in [5.41, 5.74) is 1.47. The Bertz CT molecular complexity index is 566. The maximum Gasteiger partial charge on any atom is 0.127 e. The molecule has 0 saturated heterocycles. The fourth-order valence-electron chi connectivity index (χ4n) is 2.21. The zero-order chi connectivity index (χ0) is 14.5. The number of hydrogen-bond acceptors (Lipinski definition) is 1. The van der Waals surface area contributed by atoms with Crippen LogP contribution in [-0.2, 0) is 12.8 Å². The van der Waals surface area contributed by atoms with Crippen LogP contribution in [0.4, 0.5) is 4.39 Å². The quantitative estimate of drug-likeness (QED) is 0.860. The maximum absolute atomic E-state index is 13.8. The second-order valence-corrected chi connectivity index (χ2v) is 5.63. The zero-order valence-corrected chi connectivity index (χ0v) is 12.3. The molecular formula is C16H15Cl2FO. The van der Waals surface area contributed by atoms with Crippen LogP contribution in [-0.4, -0.2) is 11.7 Å². The molecule has 1 N–H and O–H groups in total. The van der Waals surface area contributed by atoms with Crippen molar-refractivity contribution >= 4 is 23.2 Å². The molecule has 0 aliphatic carbocycles. The number of rotatable bonds is 5. The van der Waals surface area contributed by atoms with E-state index in [0.717, 1.165) is 5.56 Å². The molecule has 20 heavy (non-hydrogen) atoms. The molecule has 0 spiro atoms. The van der Waals surface area contributed by atoms with E-state index in [9.17, 15) is 9.50 Å². The van der Waals surface area contributed by atoms with Crippen LogP contribution in [0.3, 0.4) is 0 Å². The van der Waals surface area contributed by atoms with E-state index in [-0.39, 0.29) is 18.3 Å². The van der Waals surface area contributed by atoms with Crippen LogP contribution in [0.5, 0.6) is 0 Å². The van der Waals surface area contributed by atoms with E-state index in [1.807, 2.05) is 18.2 Å². The van der Waals surface area contributed by atoms with Crippen molar-refractivity contribution in [3.63, 3.8) is 0 Å². The lowest BCUT2D eigenvalue weighted by Crippen LogP contribution is -2.14. The summed E-state index contributed by atoms with van der Waals surface area (Å²) in [4.78, 5) is 0. The van der Waals surface area contributed by atoms with Gasteiger partial charge in [-0.1, -0.05) is 41.4 Å². The van der Waals surface area contributed by atoms with E-state index in [2.05, 4.69) is 0 Å². The highest BCUT2D eigenvalue weighted by Gasteiger charge is 2.15. The summed E-state index contributed by atoms with van der Waals surface area (Å²) in [7, 11) is 0. The Labute approximate surface area is 128 Å². The molecule has 2 aromatic rings. The summed E-state index contributed by atoms with van der Waals surface area (Å²) < 4.78 is 13.8. The summed E-state index contributed by atoms with van der Waals surface area (Å²) >= 11 is 12.0. The van der Waals surface area contributed by atoms with Gasteiger partial charge in [-0.15, -0.1) is 0 Å². The Morgan fingerprint density at radius 2 is 1.80 bits per heavy atom. The maximum atomic E-state index is 13.8. The summed E-state index contributed by atoms with van der Waals surface area (Å²) in [6.07, 6.45) is 1.02. The SMILES string of the molecule is OCC(Cc1cccc(Cl)c1)Cc1c(F)cccc1Cl. The minimum atomic E-state index is -0.331. The predicted molar refractivity (Wildman–Crippen MR) is 80.8 cm³/mol. The van der Waals surface area contributed by atoms with Gasteiger partial charge in [-0.2, -0.15) is 0 Å². The van der Waals surface area contributed by atoms with Crippen LogP contribution in [0, 0.1) is 11.7 Å². The lowest BCUT2D eigenvalue weighted by molar-refractivity contribution is 0.224. The predicted octanol–water partition coefficient (Wildman–Crippen LogP) is 4.53. The normalized spacial score (nSPS) is 12.4. The van der Waals surface area contributed by atoms with Gasteiger partial charge in [0.2, 0.25) is 0 Å². The van der Waals surface area contributed by atoms with Crippen LogP contribution in [0.2, 0.25) is 10.0 Å². The highest BCUT2D eigenvalue weighted by molar-refractivity contribution is 6.31. The number of halogens is 3. The molecule has 4 heteroatoms. The molecule has 0 aliphatic rings. The highest BCUT2D eigenvalue weighted by Crippen LogP contribution is 2.24. The van der Waals surface area contributed by atoms with Gasteiger partial charge < -0.3 is 5.11 Å². The molecule has 1 unspecified atom stereocenters. The summed E-state index contributed by atoms with van der Waals surface area (Å²) in [5, 5.41) is 10.6. The van der Waals surface area contributed by atoms with Crippen molar-refractivity contribution in [3.8, 4) is 0 Å². The summed E-state index contributed by atoms with van der Waals surface area (Å²) in [6, 6.07) is 12.1. The Hall–Kier alpha value is -1.09. The van der Waals surface area contributed by atoms with Crippen molar-refractivity contribution in [2.45, 2.75) is 12.8 Å². The lowest BCUT2D eigenvalue weighted by Gasteiger charge is -2.16. The first-order chi connectivity index (χ1) is 9.60. The average Bonchev–Trinajstić information content (AvgIpc) is 2.42. The highest BCUT2D eigenvalue weighted by atomic mass is 35.5. The topological polar surface area (TPSA) is 20.2 Å². The van der Waals surface area contributed by atoms with E-state index in [1.54, 1.807) is 18.2 Å². The first-order valence-electron chi connectivity index (χ1n) is 6.38. The van der Waals surface area contributed by atoms with Crippen molar-refractivity contribution in [2.75, 3.05) is 6.61 Å². The Kier molecular flexibility index (Phi) is 5.41. The van der Waals surface area contributed by atoms with Crippen LogP contribution >= 0.6 is 23.2 Å². The first kappa shape index (κ1) is 15.3. The molecule has 0 bridgehead atoms. The van der Waals surface area contributed by atoms with Crippen molar-refractivity contribution < 1.29 is 9.50 Å². The van der Waals surface area contributed by atoms with E-state index in [4.69, 9.17) is 23.2 Å². The van der Waals surface area contributed by atoms with Crippen molar-refractivity contribution in [1.82, 2.24) is 0 Å². The van der Waals surface area contributed by atoms with Gasteiger partial charge in [0.25, 0.3) is 0 Å². The number of aliphatic hydroxyl groups excluding tert-OH is 1. The van der Waals surface area contributed by atoms with Gasteiger partial charge in [-0.3, -0.25) is 0 Å². The van der Waals surface area contributed by atoms with Gasteiger partial charge in [0.05, 0.1) is 0 Å². The van der Waals surface area contributed by atoms with E-state index >= 15 is 0 Å². The molecule has 2 aromatic carbocycles. The van der Waals surface area contributed by atoms with Crippen molar-refractivity contribution in [1.29, 1.82) is 0 Å². The van der Waals surface area contributed by atoms with Crippen LogP contribution in [0.1, 0.15) is 11.1 Å². The smallest absolute Gasteiger partial charge is 0.127 e. The Morgan fingerprint density at radius 3 is 2.45 bits per heavy atom. The van der Waals surface area contributed by atoms with Gasteiger partial charge >= 0.3 is 0 Å². The van der Waals surface area contributed by atoms with E-state index < -0.39 is 0 Å². The van der Waals surface area contributed by atoms with Gasteiger partial charge in [0.1, 0.15) is 5.82 Å². The molecule has 0 fully saturated rings. The van der Waals surface area contributed by atoms with E-state index in [0.29, 0.717) is 28.5 Å². The number of hydrogen-bond donors (Lipinski definition) is 1. The lowest BCUT2D eigenvalue weighted by atomic mass is 9.93.